The van der Waals surface area contributed by atoms with E-state index in [-0.39, 0.29) is 25.9 Å². The standard InChI is InChI=1S/C64H111O11P/c1-4-7-10-13-16-19-22-25-28-29-30-31-34-35-38-41-44-47-50-53-62(66)71-57-61(75-64(68)55-52-49-46-43-40-37-33-27-24-21-18-15-12-9-6-3)59-73-76(69,70)72-58-60(56-65)74-63(67)54-51-48-45-42-39-36-32-26-23-20-17-14-11-8-5-2/h8-9,11-12,17-18,20-21,26-27,32-33,40,43,60-61,65H,4-7,10,13-16,19,22-25,28-31,34-39,41-42,44-59H2,1-3H3,(H,69,70)/b11-8-,12-9-,20-17-,21-18-,32-26-,33-27-,43-40-. The van der Waals surface area contributed by atoms with Gasteiger partial charge in [-0.2, -0.15) is 0 Å². The molecule has 0 aromatic carbocycles. The van der Waals surface area contributed by atoms with E-state index in [1.54, 1.807) is 0 Å². The molecule has 0 radical (unpaired) electrons. The highest BCUT2D eigenvalue weighted by molar-refractivity contribution is 7.47. The first kappa shape index (κ1) is 72.7. The molecule has 3 atom stereocenters. The van der Waals surface area contributed by atoms with Crippen LogP contribution in [-0.4, -0.2) is 66.5 Å². The number of esters is 3. The van der Waals surface area contributed by atoms with Crippen molar-refractivity contribution in [2.45, 2.75) is 277 Å². The van der Waals surface area contributed by atoms with E-state index in [0.717, 1.165) is 109 Å². The van der Waals surface area contributed by atoms with E-state index in [0.29, 0.717) is 19.3 Å². The monoisotopic (exact) mass is 1090 g/mol. The fraction of sp³-hybridized carbons (Fsp3) is 0.734. The molecular weight excluding hydrogens is 976 g/mol. The Morgan fingerprint density at radius 1 is 0.382 bits per heavy atom. The van der Waals surface area contributed by atoms with Crippen molar-refractivity contribution in [3.8, 4) is 0 Å². The van der Waals surface area contributed by atoms with Gasteiger partial charge >= 0.3 is 25.7 Å². The van der Waals surface area contributed by atoms with Crippen LogP contribution in [0, 0.1) is 0 Å². The van der Waals surface area contributed by atoms with Crippen LogP contribution in [0.3, 0.4) is 0 Å². The highest BCUT2D eigenvalue weighted by atomic mass is 31.2. The molecule has 0 aromatic heterocycles. The zero-order chi connectivity index (χ0) is 55.5. The lowest BCUT2D eigenvalue weighted by Crippen LogP contribution is -2.30. The lowest BCUT2D eigenvalue weighted by Gasteiger charge is -2.21. The smallest absolute Gasteiger partial charge is 0.462 e. The van der Waals surface area contributed by atoms with E-state index in [1.165, 1.54) is 96.3 Å². The normalized spacial score (nSPS) is 13.9. The van der Waals surface area contributed by atoms with E-state index in [2.05, 4.69) is 106 Å². The molecular formula is C64H111O11P. The van der Waals surface area contributed by atoms with Gasteiger partial charge in [0.1, 0.15) is 12.7 Å². The van der Waals surface area contributed by atoms with Crippen molar-refractivity contribution in [1.82, 2.24) is 0 Å². The SMILES string of the molecule is CC/C=C\C/C=C\C/C=C\C/C=C\CCCCC(=O)OC(COC(=O)CCCCCCCCCCCCCCCCCCCCC)COP(=O)(O)OCC(CO)OC(=O)CCCCCCC/C=C\C/C=C\C/C=C\CC. The van der Waals surface area contributed by atoms with Crippen LogP contribution in [0.25, 0.3) is 0 Å². The number of hydrogen-bond donors (Lipinski definition) is 2. The first-order valence-corrected chi connectivity index (χ1v) is 32.0. The first-order chi connectivity index (χ1) is 37.2. The average Bonchev–Trinajstić information content (AvgIpc) is 3.41. The molecule has 3 unspecified atom stereocenters. The van der Waals surface area contributed by atoms with Gasteiger partial charge in [0.05, 0.1) is 19.8 Å². The van der Waals surface area contributed by atoms with Crippen LogP contribution in [-0.2, 0) is 42.2 Å². The number of hydrogen-bond acceptors (Lipinski definition) is 10. The molecule has 0 heterocycles. The largest absolute Gasteiger partial charge is 0.472 e. The predicted molar refractivity (Wildman–Crippen MR) is 316 cm³/mol. The van der Waals surface area contributed by atoms with E-state index in [1.807, 2.05) is 0 Å². The minimum Gasteiger partial charge on any atom is -0.462 e. The molecule has 0 fully saturated rings. The van der Waals surface area contributed by atoms with Gasteiger partial charge in [0.25, 0.3) is 0 Å². The third-order valence-electron chi connectivity index (χ3n) is 12.8. The Morgan fingerprint density at radius 3 is 1.08 bits per heavy atom. The van der Waals surface area contributed by atoms with Crippen molar-refractivity contribution in [1.29, 1.82) is 0 Å². The number of allylic oxidation sites excluding steroid dienone is 14. The predicted octanol–water partition coefficient (Wildman–Crippen LogP) is 18.3. The molecule has 0 amide bonds. The molecule has 438 valence electrons. The highest BCUT2D eigenvalue weighted by Crippen LogP contribution is 2.43. The van der Waals surface area contributed by atoms with Crippen molar-refractivity contribution in [2.24, 2.45) is 0 Å². The Balaban J connectivity index is 4.74. The Labute approximate surface area is 464 Å². The van der Waals surface area contributed by atoms with Gasteiger partial charge in [-0.05, 0) is 89.9 Å². The number of carbonyl (C=O) groups excluding carboxylic acids is 3. The lowest BCUT2D eigenvalue weighted by atomic mass is 10.0. The summed E-state index contributed by atoms with van der Waals surface area (Å²) in [6.45, 7) is 4.38. The number of carbonyl (C=O) groups is 3. The summed E-state index contributed by atoms with van der Waals surface area (Å²) in [7, 11) is -4.77. The second-order valence-electron chi connectivity index (χ2n) is 20.1. The third kappa shape index (κ3) is 55.4. The van der Waals surface area contributed by atoms with Gasteiger partial charge < -0.3 is 24.2 Å². The zero-order valence-corrected chi connectivity index (χ0v) is 49.3. The maximum atomic E-state index is 12.9. The van der Waals surface area contributed by atoms with Crippen LogP contribution in [0.2, 0.25) is 0 Å². The molecule has 0 saturated carbocycles. The average molecular weight is 1090 g/mol. The fourth-order valence-electron chi connectivity index (χ4n) is 8.25. The molecule has 0 aliphatic carbocycles. The summed E-state index contributed by atoms with van der Waals surface area (Å²) in [6, 6.07) is 0. The van der Waals surface area contributed by atoms with Gasteiger partial charge in [0.2, 0.25) is 0 Å². The molecule has 0 aliphatic heterocycles. The number of phosphoric ester groups is 1. The van der Waals surface area contributed by atoms with E-state index in [4.69, 9.17) is 23.3 Å². The van der Waals surface area contributed by atoms with Crippen LogP contribution < -0.4 is 0 Å². The zero-order valence-electron chi connectivity index (χ0n) is 48.5. The molecule has 0 rings (SSSR count). The number of phosphoric acid groups is 1. The topological polar surface area (TPSA) is 155 Å². The number of rotatable bonds is 56. The van der Waals surface area contributed by atoms with Crippen LogP contribution in [0.1, 0.15) is 265 Å². The van der Waals surface area contributed by atoms with E-state index < -0.39 is 57.8 Å². The van der Waals surface area contributed by atoms with Crippen molar-refractivity contribution in [3.05, 3.63) is 85.1 Å². The molecule has 2 N–H and O–H groups in total. The summed E-state index contributed by atoms with van der Waals surface area (Å²) in [5.74, 6) is -1.53. The molecule has 11 nitrogen and oxygen atoms in total. The van der Waals surface area contributed by atoms with Crippen LogP contribution in [0.15, 0.2) is 85.1 Å². The summed E-state index contributed by atoms with van der Waals surface area (Å²) >= 11 is 0. The minimum atomic E-state index is -4.77. The Hall–Kier alpha value is -3.34. The Morgan fingerprint density at radius 2 is 0.684 bits per heavy atom. The molecule has 0 aliphatic rings. The molecule has 0 bridgehead atoms. The maximum Gasteiger partial charge on any atom is 0.472 e. The number of unbranched alkanes of at least 4 members (excludes halogenated alkanes) is 25. The van der Waals surface area contributed by atoms with Crippen molar-refractivity contribution in [3.63, 3.8) is 0 Å². The van der Waals surface area contributed by atoms with E-state index >= 15 is 0 Å². The summed E-state index contributed by atoms with van der Waals surface area (Å²) in [5.41, 5.74) is 0. The first-order valence-electron chi connectivity index (χ1n) is 30.5. The van der Waals surface area contributed by atoms with Crippen molar-refractivity contribution >= 4 is 25.7 Å². The summed E-state index contributed by atoms with van der Waals surface area (Å²) in [4.78, 5) is 48.6. The van der Waals surface area contributed by atoms with Gasteiger partial charge in [-0.15, -0.1) is 0 Å². The molecule has 76 heavy (non-hydrogen) atoms. The summed E-state index contributed by atoms with van der Waals surface area (Å²) in [6.07, 6.45) is 66.9. The van der Waals surface area contributed by atoms with Crippen LogP contribution in [0.4, 0.5) is 0 Å². The molecule has 0 spiro atoms. The summed E-state index contributed by atoms with van der Waals surface area (Å²) in [5, 5.41) is 9.82. The third-order valence-corrected chi connectivity index (χ3v) is 13.8. The van der Waals surface area contributed by atoms with Gasteiger partial charge in [0, 0.05) is 19.3 Å². The minimum absolute atomic E-state index is 0.113. The summed E-state index contributed by atoms with van der Waals surface area (Å²) < 4.78 is 39.5. The van der Waals surface area contributed by atoms with Gasteiger partial charge in [0.15, 0.2) is 6.10 Å². The Bertz CT molecular complexity index is 1600. The lowest BCUT2D eigenvalue weighted by molar-refractivity contribution is -0.161. The van der Waals surface area contributed by atoms with Crippen LogP contribution in [0.5, 0.6) is 0 Å². The highest BCUT2D eigenvalue weighted by Gasteiger charge is 2.28. The number of ether oxygens (including phenoxy) is 3. The quantitative estimate of drug-likeness (QED) is 0.0197. The van der Waals surface area contributed by atoms with Gasteiger partial charge in [-0.3, -0.25) is 23.4 Å². The maximum absolute atomic E-state index is 12.9. The number of aliphatic hydroxyl groups excluding tert-OH is 1. The van der Waals surface area contributed by atoms with Crippen molar-refractivity contribution < 1.29 is 52.2 Å². The second kappa shape index (κ2) is 57.8. The molecule has 0 aromatic rings. The van der Waals surface area contributed by atoms with Gasteiger partial charge in [-0.25, -0.2) is 4.57 Å². The van der Waals surface area contributed by atoms with Crippen molar-refractivity contribution in [2.75, 3.05) is 26.4 Å². The molecule has 0 saturated heterocycles. The second-order valence-corrected chi connectivity index (χ2v) is 21.6. The van der Waals surface area contributed by atoms with E-state index in [9.17, 15) is 28.9 Å². The fourth-order valence-corrected chi connectivity index (χ4v) is 9.03. The Kier molecular flexibility index (Phi) is 55.3. The van der Waals surface area contributed by atoms with Crippen LogP contribution >= 0.6 is 7.82 Å². The van der Waals surface area contributed by atoms with Gasteiger partial charge in [-0.1, -0.05) is 241 Å². The number of aliphatic hydroxyl groups is 1. The molecule has 12 heteroatoms.